The normalized spacial score (nSPS) is 10.0. The first-order chi connectivity index (χ1) is 6.15. The predicted molar refractivity (Wildman–Crippen MR) is 55.8 cm³/mol. The Morgan fingerprint density at radius 3 is 2.77 bits per heavy atom. The van der Waals surface area contributed by atoms with E-state index >= 15 is 0 Å². The Morgan fingerprint density at radius 2 is 2.23 bits per heavy atom. The van der Waals surface area contributed by atoms with Crippen molar-refractivity contribution in [1.29, 1.82) is 0 Å². The van der Waals surface area contributed by atoms with E-state index in [9.17, 15) is 0 Å². The second kappa shape index (κ2) is 4.30. The summed E-state index contributed by atoms with van der Waals surface area (Å²) in [4.78, 5) is 0. The van der Waals surface area contributed by atoms with Gasteiger partial charge in [-0.1, -0.05) is 18.2 Å². The van der Waals surface area contributed by atoms with E-state index in [2.05, 4.69) is 6.58 Å². The fourth-order valence-corrected chi connectivity index (χ4v) is 1.41. The first kappa shape index (κ1) is 10.1. The molecule has 0 fully saturated rings. The maximum Gasteiger partial charge on any atom is 0.117 e. The zero-order valence-electron chi connectivity index (χ0n) is 7.26. The van der Waals surface area contributed by atoms with Gasteiger partial charge in [0.15, 0.2) is 0 Å². The summed E-state index contributed by atoms with van der Waals surface area (Å²) >= 11 is 5.90. The van der Waals surface area contributed by atoms with Crippen LogP contribution in [-0.4, -0.2) is 11.7 Å². The highest BCUT2D eigenvalue weighted by Crippen LogP contribution is 2.27. The van der Waals surface area contributed by atoms with Gasteiger partial charge in [0.2, 0.25) is 0 Å². The summed E-state index contributed by atoms with van der Waals surface area (Å²) in [6, 6.07) is 4.83. The number of aromatic hydroxyl groups is 1. The van der Waals surface area contributed by atoms with Crippen LogP contribution in [0.25, 0.3) is 5.57 Å². The third-order valence-corrected chi connectivity index (χ3v) is 2.09. The van der Waals surface area contributed by atoms with E-state index in [4.69, 9.17) is 22.4 Å². The Balaban J connectivity index is 2.95. The van der Waals surface area contributed by atoms with Gasteiger partial charge < -0.3 is 10.8 Å². The molecule has 1 aromatic carbocycles. The maximum absolute atomic E-state index is 9.11. The van der Waals surface area contributed by atoms with Crippen molar-refractivity contribution < 1.29 is 5.11 Å². The van der Waals surface area contributed by atoms with Gasteiger partial charge in [-0.05, 0) is 42.3 Å². The number of benzene rings is 1. The molecule has 0 unspecified atom stereocenters. The first-order valence-corrected chi connectivity index (χ1v) is 4.39. The molecule has 0 radical (unpaired) electrons. The van der Waals surface area contributed by atoms with Crippen molar-refractivity contribution in [2.45, 2.75) is 6.42 Å². The van der Waals surface area contributed by atoms with Crippen molar-refractivity contribution in [2.24, 2.45) is 5.73 Å². The lowest BCUT2D eigenvalue weighted by atomic mass is 10.0. The molecule has 70 valence electrons. The molecule has 1 rings (SSSR count). The Labute approximate surface area is 82.6 Å². The van der Waals surface area contributed by atoms with Gasteiger partial charge in [-0.3, -0.25) is 0 Å². The Hall–Kier alpha value is -0.990. The van der Waals surface area contributed by atoms with Crippen molar-refractivity contribution in [3.63, 3.8) is 0 Å². The number of halogens is 1. The molecule has 0 bridgehead atoms. The molecule has 0 spiro atoms. The average molecular weight is 198 g/mol. The van der Waals surface area contributed by atoms with Gasteiger partial charge in [0.1, 0.15) is 5.75 Å². The summed E-state index contributed by atoms with van der Waals surface area (Å²) in [6.45, 7) is 4.41. The zero-order valence-corrected chi connectivity index (χ0v) is 8.01. The van der Waals surface area contributed by atoms with Crippen LogP contribution in [0.4, 0.5) is 0 Å². The van der Waals surface area contributed by atoms with Crippen molar-refractivity contribution >= 4 is 17.2 Å². The summed E-state index contributed by atoms with van der Waals surface area (Å²) in [6.07, 6.45) is 0.713. The Morgan fingerprint density at radius 1 is 1.54 bits per heavy atom. The quantitative estimate of drug-likeness (QED) is 0.782. The number of nitrogens with two attached hydrogens (primary N) is 1. The van der Waals surface area contributed by atoms with E-state index in [1.54, 1.807) is 12.1 Å². The highest BCUT2D eigenvalue weighted by atomic mass is 35.5. The molecule has 0 aliphatic rings. The zero-order chi connectivity index (χ0) is 9.84. The van der Waals surface area contributed by atoms with Gasteiger partial charge in [-0.25, -0.2) is 0 Å². The predicted octanol–water partition coefficient (Wildman–Crippen LogP) is 2.41. The standard InChI is InChI=1S/C10H12ClNO/c1-7(4-5-12)9-3-2-8(13)6-10(9)11/h2-3,6,13H,1,4-5,12H2. The number of hydrogen-bond donors (Lipinski definition) is 2. The number of hydrogen-bond acceptors (Lipinski definition) is 2. The fraction of sp³-hybridized carbons (Fsp3) is 0.200. The average Bonchev–Trinajstić information content (AvgIpc) is 2.04. The lowest BCUT2D eigenvalue weighted by Gasteiger charge is -2.06. The number of rotatable bonds is 3. The minimum Gasteiger partial charge on any atom is -0.508 e. The van der Waals surface area contributed by atoms with E-state index in [-0.39, 0.29) is 5.75 Å². The van der Waals surface area contributed by atoms with E-state index in [0.717, 1.165) is 11.1 Å². The lowest BCUT2D eigenvalue weighted by Crippen LogP contribution is -1.99. The molecule has 0 amide bonds. The molecule has 0 aliphatic carbocycles. The topological polar surface area (TPSA) is 46.2 Å². The minimum absolute atomic E-state index is 0.161. The van der Waals surface area contributed by atoms with E-state index in [1.165, 1.54) is 6.07 Å². The van der Waals surface area contributed by atoms with E-state index in [0.29, 0.717) is 18.0 Å². The van der Waals surface area contributed by atoms with Gasteiger partial charge in [0.25, 0.3) is 0 Å². The second-order valence-electron chi connectivity index (χ2n) is 2.81. The molecule has 0 aliphatic heterocycles. The third-order valence-electron chi connectivity index (χ3n) is 1.78. The van der Waals surface area contributed by atoms with Gasteiger partial charge in [0.05, 0.1) is 5.02 Å². The largest absolute Gasteiger partial charge is 0.508 e. The van der Waals surface area contributed by atoms with Gasteiger partial charge in [-0.2, -0.15) is 0 Å². The van der Waals surface area contributed by atoms with Crippen LogP contribution in [0.1, 0.15) is 12.0 Å². The highest BCUT2D eigenvalue weighted by Gasteiger charge is 2.04. The van der Waals surface area contributed by atoms with Crippen LogP contribution < -0.4 is 5.73 Å². The molecular formula is C10H12ClNO. The van der Waals surface area contributed by atoms with Crippen LogP contribution in [0.3, 0.4) is 0 Å². The Bertz CT molecular complexity index is 323. The van der Waals surface area contributed by atoms with E-state index in [1.807, 2.05) is 0 Å². The molecule has 0 atom stereocenters. The molecule has 3 heteroatoms. The van der Waals surface area contributed by atoms with Crippen molar-refractivity contribution in [1.82, 2.24) is 0 Å². The molecule has 0 heterocycles. The summed E-state index contributed by atoms with van der Waals surface area (Å²) in [5.74, 6) is 0.161. The summed E-state index contributed by atoms with van der Waals surface area (Å²) in [7, 11) is 0. The fourth-order valence-electron chi connectivity index (χ4n) is 1.10. The van der Waals surface area contributed by atoms with E-state index < -0.39 is 0 Å². The highest BCUT2D eigenvalue weighted by molar-refractivity contribution is 6.32. The molecule has 0 saturated carbocycles. The SMILES string of the molecule is C=C(CCN)c1ccc(O)cc1Cl. The summed E-state index contributed by atoms with van der Waals surface area (Å²) < 4.78 is 0. The molecule has 1 aromatic rings. The molecule has 2 nitrogen and oxygen atoms in total. The molecule has 3 N–H and O–H groups in total. The van der Waals surface area contributed by atoms with Gasteiger partial charge in [0, 0.05) is 0 Å². The maximum atomic E-state index is 9.11. The Kier molecular flexibility index (Phi) is 3.34. The third kappa shape index (κ3) is 2.47. The van der Waals surface area contributed by atoms with Crippen LogP contribution in [0.2, 0.25) is 5.02 Å². The van der Waals surface area contributed by atoms with Crippen molar-refractivity contribution in [3.8, 4) is 5.75 Å². The van der Waals surface area contributed by atoms with Crippen LogP contribution in [0.15, 0.2) is 24.8 Å². The number of phenols is 1. The second-order valence-corrected chi connectivity index (χ2v) is 3.21. The smallest absolute Gasteiger partial charge is 0.117 e. The monoisotopic (exact) mass is 197 g/mol. The number of phenolic OH excluding ortho intramolecular Hbond substituents is 1. The van der Waals surface area contributed by atoms with Crippen LogP contribution in [0.5, 0.6) is 5.75 Å². The first-order valence-electron chi connectivity index (χ1n) is 4.02. The van der Waals surface area contributed by atoms with Crippen molar-refractivity contribution in [3.05, 3.63) is 35.4 Å². The summed E-state index contributed by atoms with van der Waals surface area (Å²) in [5, 5.41) is 9.62. The molecule has 0 saturated heterocycles. The van der Waals surface area contributed by atoms with Crippen LogP contribution >= 0.6 is 11.6 Å². The molecule has 13 heavy (non-hydrogen) atoms. The van der Waals surface area contributed by atoms with Crippen LogP contribution in [0, 0.1) is 0 Å². The molecular weight excluding hydrogens is 186 g/mol. The summed E-state index contributed by atoms with van der Waals surface area (Å²) in [5.41, 5.74) is 7.14. The van der Waals surface area contributed by atoms with Crippen LogP contribution in [-0.2, 0) is 0 Å². The lowest BCUT2D eigenvalue weighted by molar-refractivity contribution is 0.475. The minimum atomic E-state index is 0.161. The molecule has 0 aromatic heterocycles. The van der Waals surface area contributed by atoms with Crippen molar-refractivity contribution in [2.75, 3.05) is 6.54 Å². The van der Waals surface area contributed by atoms with Gasteiger partial charge >= 0.3 is 0 Å². The van der Waals surface area contributed by atoms with Gasteiger partial charge in [-0.15, -0.1) is 0 Å².